The second-order valence-electron chi connectivity index (χ2n) is 4.68. The van der Waals surface area contributed by atoms with E-state index in [9.17, 15) is 0 Å². The van der Waals surface area contributed by atoms with Crippen LogP contribution in [0.1, 0.15) is 36.1 Å². The molecule has 2 heterocycles. The zero-order chi connectivity index (χ0) is 12.5. The predicted molar refractivity (Wildman–Crippen MR) is 76.4 cm³/mol. The first kappa shape index (κ1) is 11.6. The van der Waals surface area contributed by atoms with Gasteiger partial charge in [-0.05, 0) is 45.1 Å². The van der Waals surface area contributed by atoms with Gasteiger partial charge in [0.2, 0.25) is 0 Å². The van der Waals surface area contributed by atoms with E-state index in [-0.39, 0.29) is 0 Å². The number of nitrogens with one attached hydrogen (secondary N) is 1. The van der Waals surface area contributed by atoms with Crippen molar-refractivity contribution in [2.45, 2.75) is 39.5 Å². The number of hydrogen-bond donors (Lipinski definition) is 1. The number of anilines is 1. The van der Waals surface area contributed by atoms with Crippen LogP contribution in [0.25, 0.3) is 10.2 Å². The van der Waals surface area contributed by atoms with Gasteiger partial charge in [-0.25, -0.2) is 9.97 Å². The highest BCUT2D eigenvalue weighted by Gasteiger charge is 2.12. The van der Waals surface area contributed by atoms with Crippen LogP contribution >= 0.6 is 11.3 Å². The number of hydrazone groups is 1. The van der Waals surface area contributed by atoms with Crippen LogP contribution in [0.5, 0.6) is 0 Å². The highest BCUT2D eigenvalue weighted by molar-refractivity contribution is 7.18. The summed E-state index contributed by atoms with van der Waals surface area (Å²) in [5, 5.41) is 5.59. The Bertz CT molecular complexity index is 607. The summed E-state index contributed by atoms with van der Waals surface area (Å²) in [4.78, 5) is 11.0. The summed E-state index contributed by atoms with van der Waals surface area (Å²) < 4.78 is 0. The maximum Gasteiger partial charge on any atom is 0.158 e. The Morgan fingerprint density at radius 1 is 1.22 bits per heavy atom. The fourth-order valence-corrected chi connectivity index (χ4v) is 3.29. The van der Waals surface area contributed by atoms with Crippen LogP contribution in [0.4, 0.5) is 5.82 Å². The Morgan fingerprint density at radius 3 is 2.78 bits per heavy atom. The summed E-state index contributed by atoms with van der Waals surface area (Å²) >= 11 is 1.71. The van der Waals surface area contributed by atoms with Crippen LogP contribution in [0.2, 0.25) is 0 Å². The number of rotatable bonds is 2. The number of hydrogen-bond acceptors (Lipinski definition) is 5. The Hall–Kier alpha value is -1.49. The topological polar surface area (TPSA) is 50.2 Å². The van der Waals surface area contributed by atoms with Gasteiger partial charge in [-0.3, -0.25) is 5.43 Å². The number of thiophene rings is 1. The molecular formula is C13H16N4S. The van der Waals surface area contributed by atoms with Crippen molar-refractivity contribution >= 4 is 33.1 Å². The van der Waals surface area contributed by atoms with Crippen molar-refractivity contribution in [1.29, 1.82) is 0 Å². The van der Waals surface area contributed by atoms with Crippen molar-refractivity contribution in [3.63, 3.8) is 0 Å². The van der Waals surface area contributed by atoms with Crippen molar-refractivity contribution < 1.29 is 0 Å². The molecule has 1 saturated carbocycles. The van der Waals surface area contributed by atoms with Gasteiger partial charge >= 0.3 is 0 Å². The molecule has 0 amide bonds. The Labute approximate surface area is 110 Å². The molecule has 0 spiro atoms. The van der Waals surface area contributed by atoms with Gasteiger partial charge in [0.25, 0.3) is 0 Å². The summed E-state index contributed by atoms with van der Waals surface area (Å²) in [7, 11) is 0. The highest BCUT2D eigenvalue weighted by Crippen LogP contribution is 2.32. The van der Waals surface area contributed by atoms with Gasteiger partial charge in [-0.15, -0.1) is 11.3 Å². The SMILES string of the molecule is Cc1sc2ncnc(NN=C3CCCC3)c2c1C. The first-order chi connectivity index (χ1) is 8.75. The summed E-state index contributed by atoms with van der Waals surface area (Å²) in [5.74, 6) is 0.834. The molecule has 18 heavy (non-hydrogen) atoms. The fourth-order valence-electron chi connectivity index (χ4n) is 2.29. The standard InChI is InChI=1S/C13H16N4S/c1-8-9(2)18-13-11(8)12(14-7-15-13)17-16-10-5-3-4-6-10/h7H,3-6H2,1-2H3,(H,14,15,17). The molecule has 1 N–H and O–H groups in total. The molecule has 0 aliphatic heterocycles. The van der Waals surface area contributed by atoms with E-state index in [1.54, 1.807) is 17.7 Å². The van der Waals surface area contributed by atoms with Crippen LogP contribution < -0.4 is 5.43 Å². The van der Waals surface area contributed by atoms with E-state index < -0.39 is 0 Å². The third-order valence-electron chi connectivity index (χ3n) is 3.47. The summed E-state index contributed by atoms with van der Waals surface area (Å²) in [5.41, 5.74) is 5.64. The van der Waals surface area contributed by atoms with Crippen LogP contribution in [-0.2, 0) is 0 Å². The molecule has 5 heteroatoms. The molecular weight excluding hydrogens is 244 g/mol. The summed E-state index contributed by atoms with van der Waals surface area (Å²) in [6, 6.07) is 0. The maximum absolute atomic E-state index is 4.47. The third kappa shape index (κ3) is 1.99. The smallest absolute Gasteiger partial charge is 0.158 e. The molecule has 94 valence electrons. The average molecular weight is 260 g/mol. The molecule has 1 fully saturated rings. The molecule has 3 rings (SSSR count). The molecule has 0 bridgehead atoms. The largest absolute Gasteiger partial charge is 0.261 e. The van der Waals surface area contributed by atoms with E-state index in [0.717, 1.165) is 28.9 Å². The van der Waals surface area contributed by atoms with Gasteiger partial charge in [-0.2, -0.15) is 5.10 Å². The van der Waals surface area contributed by atoms with Crippen LogP contribution in [-0.4, -0.2) is 15.7 Å². The van der Waals surface area contributed by atoms with E-state index in [1.807, 2.05) is 0 Å². The highest BCUT2D eigenvalue weighted by atomic mass is 32.1. The molecule has 2 aromatic heterocycles. The molecule has 0 unspecified atom stereocenters. The maximum atomic E-state index is 4.47. The van der Waals surface area contributed by atoms with Crippen LogP contribution in [0.3, 0.4) is 0 Å². The van der Waals surface area contributed by atoms with E-state index in [1.165, 1.54) is 29.0 Å². The number of nitrogens with zero attached hydrogens (tertiary/aromatic N) is 3. The zero-order valence-electron chi connectivity index (χ0n) is 10.7. The second-order valence-corrected chi connectivity index (χ2v) is 5.89. The molecule has 0 atom stereocenters. The summed E-state index contributed by atoms with van der Waals surface area (Å²) in [6.07, 6.45) is 6.35. The number of aryl methyl sites for hydroxylation is 2. The van der Waals surface area contributed by atoms with E-state index in [4.69, 9.17) is 0 Å². The van der Waals surface area contributed by atoms with Gasteiger partial charge in [-0.1, -0.05) is 0 Å². The zero-order valence-corrected chi connectivity index (χ0v) is 11.5. The first-order valence-electron chi connectivity index (χ1n) is 6.28. The van der Waals surface area contributed by atoms with Gasteiger partial charge in [0, 0.05) is 10.6 Å². The fraction of sp³-hybridized carbons (Fsp3) is 0.462. The van der Waals surface area contributed by atoms with Gasteiger partial charge in [0.05, 0.1) is 5.39 Å². The average Bonchev–Trinajstić information content (AvgIpc) is 2.97. The van der Waals surface area contributed by atoms with Gasteiger partial charge in [0.1, 0.15) is 11.2 Å². The van der Waals surface area contributed by atoms with Gasteiger partial charge in [0.15, 0.2) is 5.82 Å². The lowest BCUT2D eigenvalue weighted by Gasteiger charge is -2.03. The molecule has 0 radical (unpaired) electrons. The van der Waals surface area contributed by atoms with Crippen molar-refractivity contribution in [1.82, 2.24) is 9.97 Å². The van der Waals surface area contributed by atoms with Crippen molar-refractivity contribution in [3.05, 3.63) is 16.8 Å². The molecule has 2 aromatic rings. The minimum atomic E-state index is 0.834. The van der Waals surface area contributed by atoms with E-state index >= 15 is 0 Å². The van der Waals surface area contributed by atoms with Crippen molar-refractivity contribution in [2.75, 3.05) is 5.43 Å². The molecule has 1 aliphatic rings. The monoisotopic (exact) mass is 260 g/mol. The normalized spacial score (nSPS) is 15.3. The lowest BCUT2D eigenvalue weighted by atomic mass is 10.2. The molecule has 1 aliphatic carbocycles. The Morgan fingerprint density at radius 2 is 2.00 bits per heavy atom. The molecule has 4 nitrogen and oxygen atoms in total. The Kier molecular flexibility index (Phi) is 2.99. The van der Waals surface area contributed by atoms with E-state index in [2.05, 4.69) is 34.3 Å². The van der Waals surface area contributed by atoms with Crippen LogP contribution in [0, 0.1) is 13.8 Å². The summed E-state index contributed by atoms with van der Waals surface area (Å²) in [6.45, 7) is 4.24. The molecule has 0 saturated heterocycles. The quantitative estimate of drug-likeness (QED) is 0.838. The second kappa shape index (κ2) is 4.65. The molecule has 0 aromatic carbocycles. The minimum absolute atomic E-state index is 0.834. The van der Waals surface area contributed by atoms with Crippen molar-refractivity contribution in [2.24, 2.45) is 5.10 Å². The lowest BCUT2D eigenvalue weighted by molar-refractivity contribution is 0.886. The lowest BCUT2D eigenvalue weighted by Crippen LogP contribution is -1.99. The van der Waals surface area contributed by atoms with E-state index in [0.29, 0.717) is 0 Å². The Balaban J connectivity index is 1.98. The van der Waals surface area contributed by atoms with Crippen LogP contribution in [0.15, 0.2) is 11.4 Å². The van der Waals surface area contributed by atoms with Gasteiger partial charge < -0.3 is 0 Å². The third-order valence-corrected chi connectivity index (χ3v) is 4.58. The first-order valence-corrected chi connectivity index (χ1v) is 7.09. The minimum Gasteiger partial charge on any atom is -0.261 e. The van der Waals surface area contributed by atoms with Crippen molar-refractivity contribution in [3.8, 4) is 0 Å². The number of fused-ring (bicyclic) bond motifs is 1. The predicted octanol–water partition coefficient (Wildman–Crippen LogP) is 3.65. The number of aromatic nitrogens is 2.